The second kappa shape index (κ2) is 10.4. The number of rotatable bonds is 9. The van der Waals surface area contributed by atoms with E-state index in [2.05, 4.69) is 79.4 Å². The Kier molecular flexibility index (Phi) is 7.18. The van der Waals surface area contributed by atoms with Gasteiger partial charge in [-0.2, -0.15) is 0 Å². The average molecular weight is 442 g/mol. The molecular weight excluding hydrogens is 410 g/mol. The van der Waals surface area contributed by atoms with Gasteiger partial charge in [0, 0.05) is 30.6 Å². The normalized spacial score (nSPS) is 12.6. The lowest BCUT2D eigenvalue weighted by molar-refractivity contribution is -0.137. The van der Waals surface area contributed by atoms with Crippen molar-refractivity contribution < 1.29 is 9.90 Å². The van der Waals surface area contributed by atoms with Crippen LogP contribution in [0.1, 0.15) is 48.9 Å². The first-order valence-electron chi connectivity index (χ1n) is 11.7. The van der Waals surface area contributed by atoms with Crippen molar-refractivity contribution in [3.63, 3.8) is 0 Å². The Labute approximate surface area is 195 Å². The number of carboxylic acid groups (broad SMARTS) is 1. The second-order valence-corrected chi connectivity index (χ2v) is 8.77. The zero-order valence-electron chi connectivity index (χ0n) is 19.4. The first kappa shape index (κ1) is 22.7. The molecule has 5 nitrogen and oxygen atoms in total. The molecule has 2 aromatic carbocycles. The highest BCUT2D eigenvalue weighted by Crippen LogP contribution is 2.34. The van der Waals surface area contributed by atoms with Crippen molar-refractivity contribution in [1.29, 1.82) is 0 Å². The third kappa shape index (κ3) is 5.67. The van der Waals surface area contributed by atoms with Gasteiger partial charge >= 0.3 is 5.97 Å². The quantitative estimate of drug-likeness (QED) is 0.395. The maximum atomic E-state index is 10.7. The summed E-state index contributed by atoms with van der Waals surface area (Å²) in [6, 6.07) is 16.9. The molecule has 170 valence electrons. The van der Waals surface area contributed by atoms with E-state index in [1.807, 2.05) is 0 Å². The van der Waals surface area contributed by atoms with Crippen molar-refractivity contribution in [2.24, 2.45) is 0 Å². The third-order valence-corrected chi connectivity index (χ3v) is 6.02. The molecule has 0 aliphatic carbocycles. The van der Waals surface area contributed by atoms with E-state index in [0.29, 0.717) is 0 Å². The number of aromatic nitrogens is 2. The smallest absolute Gasteiger partial charge is 0.303 e. The second-order valence-electron chi connectivity index (χ2n) is 8.77. The van der Waals surface area contributed by atoms with E-state index in [9.17, 15) is 4.79 Å². The standard InChI is InChI=1S/C28H31N3O2/c1-20-10-14-22(15-11-20)26-27(23-16-12-21(2)13-17-23)30-28-24(29-26)8-7-19-31(28)18-6-4-3-5-9-25(32)33/h7-8,10-17H,3-6,9,18-19H2,1-2H3,(H,32,33). The van der Waals surface area contributed by atoms with Crippen LogP contribution in [0.4, 0.5) is 5.82 Å². The summed E-state index contributed by atoms with van der Waals surface area (Å²) in [6.07, 6.45) is 8.17. The molecule has 0 fully saturated rings. The van der Waals surface area contributed by atoms with Crippen LogP contribution in [0.15, 0.2) is 54.6 Å². The Bertz CT molecular complexity index is 1140. The van der Waals surface area contributed by atoms with Gasteiger partial charge in [-0.15, -0.1) is 0 Å². The van der Waals surface area contributed by atoms with Crippen LogP contribution in [0.3, 0.4) is 0 Å². The van der Waals surface area contributed by atoms with Gasteiger partial charge < -0.3 is 10.0 Å². The first-order chi connectivity index (χ1) is 16.0. The van der Waals surface area contributed by atoms with Gasteiger partial charge in [0.25, 0.3) is 0 Å². The highest BCUT2D eigenvalue weighted by molar-refractivity contribution is 5.82. The Morgan fingerprint density at radius 1 is 0.848 bits per heavy atom. The average Bonchev–Trinajstić information content (AvgIpc) is 2.81. The number of carboxylic acids is 1. The largest absolute Gasteiger partial charge is 0.481 e. The van der Waals surface area contributed by atoms with E-state index in [1.54, 1.807) is 0 Å². The van der Waals surface area contributed by atoms with Gasteiger partial charge in [-0.25, -0.2) is 9.97 Å². The fourth-order valence-electron chi connectivity index (χ4n) is 4.12. The fraction of sp³-hybridized carbons (Fsp3) is 0.321. The summed E-state index contributed by atoms with van der Waals surface area (Å²) < 4.78 is 0. The summed E-state index contributed by atoms with van der Waals surface area (Å²) >= 11 is 0. The van der Waals surface area contributed by atoms with E-state index in [4.69, 9.17) is 15.1 Å². The van der Waals surface area contributed by atoms with Crippen LogP contribution in [-0.4, -0.2) is 34.1 Å². The molecule has 1 aliphatic heterocycles. The molecule has 0 amide bonds. The minimum atomic E-state index is -0.714. The molecule has 5 heteroatoms. The molecule has 0 bridgehead atoms. The predicted molar refractivity (Wildman–Crippen MR) is 134 cm³/mol. The first-order valence-corrected chi connectivity index (χ1v) is 11.7. The van der Waals surface area contributed by atoms with Crippen LogP contribution >= 0.6 is 0 Å². The maximum absolute atomic E-state index is 10.7. The molecule has 0 atom stereocenters. The summed E-state index contributed by atoms with van der Waals surface area (Å²) in [4.78, 5) is 23.2. The SMILES string of the molecule is Cc1ccc(-c2nc3c(nc2-c2ccc(C)cc2)N(CCCCCCC(=O)O)CC=C3)cc1. The van der Waals surface area contributed by atoms with E-state index in [0.717, 1.165) is 72.8 Å². The lowest BCUT2D eigenvalue weighted by Gasteiger charge is -2.27. The Hall–Kier alpha value is -3.47. The number of carbonyl (C=O) groups is 1. The number of nitrogens with zero attached hydrogens (tertiary/aromatic N) is 3. The van der Waals surface area contributed by atoms with Crippen LogP contribution in [-0.2, 0) is 4.79 Å². The van der Waals surface area contributed by atoms with Gasteiger partial charge in [-0.05, 0) is 32.8 Å². The summed E-state index contributed by atoms with van der Waals surface area (Å²) in [7, 11) is 0. The minimum absolute atomic E-state index is 0.252. The Balaban J connectivity index is 1.63. The highest BCUT2D eigenvalue weighted by atomic mass is 16.4. The highest BCUT2D eigenvalue weighted by Gasteiger charge is 2.21. The summed E-state index contributed by atoms with van der Waals surface area (Å²) in [6.45, 7) is 5.88. The van der Waals surface area contributed by atoms with E-state index in [1.165, 1.54) is 11.1 Å². The molecule has 1 aliphatic rings. The van der Waals surface area contributed by atoms with E-state index in [-0.39, 0.29) is 6.42 Å². The molecule has 33 heavy (non-hydrogen) atoms. The Morgan fingerprint density at radius 2 is 1.42 bits per heavy atom. The number of aryl methyl sites for hydroxylation is 2. The number of fused-ring (bicyclic) bond motifs is 1. The van der Waals surface area contributed by atoms with Crippen molar-refractivity contribution in [3.8, 4) is 22.5 Å². The molecule has 0 unspecified atom stereocenters. The van der Waals surface area contributed by atoms with Crippen LogP contribution in [0.2, 0.25) is 0 Å². The van der Waals surface area contributed by atoms with Crippen LogP contribution in [0.25, 0.3) is 28.6 Å². The van der Waals surface area contributed by atoms with Crippen molar-refractivity contribution in [1.82, 2.24) is 9.97 Å². The van der Waals surface area contributed by atoms with Crippen molar-refractivity contribution in [2.45, 2.75) is 46.0 Å². The number of hydrogen-bond acceptors (Lipinski definition) is 4. The topological polar surface area (TPSA) is 66.3 Å². The minimum Gasteiger partial charge on any atom is -0.481 e. The summed E-state index contributed by atoms with van der Waals surface area (Å²) in [5, 5.41) is 8.81. The number of benzene rings is 2. The van der Waals surface area contributed by atoms with E-state index < -0.39 is 5.97 Å². The van der Waals surface area contributed by atoms with Gasteiger partial charge in [0.1, 0.15) is 5.69 Å². The fourth-order valence-corrected chi connectivity index (χ4v) is 4.12. The van der Waals surface area contributed by atoms with Gasteiger partial charge in [-0.1, -0.05) is 78.6 Å². The zero-order valence-corrected chi connectivity index (χ0v) is 19.4. The zero-order chi connectivity index (χ0) is 23.2. The monoisotopic (exact) mass is 441 g/mol. The molecule has 0 saturated carbocycles. The van der Waals surface area contributed by atoms with Crippen LogP contribution in [0.5, 0.6) is 0 Å². The maximum Gasteiger partial charge on any atom is 0.303 e. The molecular formula is C28H31N3O2. The lowest BCUT2D eigenvalue weighted by atomic mass is 10.0. The van der Waals surface area contributed by atoms with Crippen LogP contribution in [0, 0.1) is 13.8 Å². The van der Waals surface area contributed by atoms with Crippen molar-refractivity contribution in [2.75, 3.05) is 18.0 Å². The molecule has 0 spiro atoms. The third-order valence-electron chi connectivity index (χ3n) is 6.02. The molecule has 4 rings (SSSR count). The lowest BCUT2D eigenvalue weighted by Crippen LogP contribution is -2.29. The number of unbranched alkanes of at least 4 members (excludes halogenated alkanes) is 3. The molecule has 1 aromatic heterocycles. The number of anilines is 1. The Morgan fingerprint density at radius 3 is 2.03 bits per heavy atom. The molecule has 0 saturated heterocycles. The van der Waals surface area contributed by atoms with Crippen molar-refractivity contribution in [3.05, 3.63) is 71.4 Å². The molecule has 0 radical (unpaired) electrons. The molecule has 3 aromatic rings. The summed E-state index contributed by atoms with van der Waals surface area (Å²) in [5.74, 6) is 0.211. The molecule has 1 N–H and O–H groups in total. The van der Waals surface area contributed by atoms with Gasteiger partial charge in [-0.3, -0.25) is 4.79 Å². The summed E-state index contributed by atoms with van der Waals surface area (Å²) in [5.41, 5.74) is 7.27. The van der Waals surface area contributed by atoms with Crippen LogP contribution < -0.4 is 4.90 Å². The van der Waals surface area contributed by atoms with Gasteiger partial charge in [0.2, 0.25) is 0 Å². The number of aliphatic carboxylic acids is 1. The van der Waals surface area contributed by atoms with E-state index >= 15 is 0 Å². The predicted octanol–water partition coefficient (Wildman–Crippen LogP) is 6.30. The molecule has 2 heterocycles. The van der Waals surface area contributed by atoms with Gasteiger partial charge in [0.05, 0.1) is 11.4 Å². The van der Waals surface area contributed by atoms with Crippen molar-refractivity contribution >= 4 is 17.9 Å². The number of hydrogen-bond donors (Lipinski definition) is 1. The van der Waals surface area contributed by atoms with Gasteiger partial charge in [0.15, 0.2) is 5.82 Å².